The van der Waals surface area contributed by atoms with Crippen molar-refractivity contribution in [3.63, 3.8) is 0 Å². The molecule has 8 heteroatoms. The molecule has 1 atom stereocenters. The minimum Gasteiger partial charge on any atom is -0.420 e. The number of ether oxygens (including phenoxy) is 1. The Hall–Kier alpha value is -3.34. The first-order valence-electron chi connectivity index (χ1n) is 7.46. The van der Waals surface area contributed by atoms with Gasteiger partial charge in [-0.05, 0) is 6.42 Å². The largest absolute Gasteiger partial charge is 0.420 e. The fourth-order valence-corrected chi connectivity index (χ4v) is 2.96. The van der Waals surface area contributed by atoms with Crippen molar-refractivity contribution in [1.82, 2.24) is 10.2 Å². The Bertz CT molecular complexity index is 878. The summed E-state index contributed by atoms with van der Waals surface area (Å²) in [6.07, 6.45) is 1.53. The van der Waals surface area contributed by atoms with Crippen molar-refractivity contribution in [2.24, 2.45) is 5.73 Å². The molecule has 24 heavy (non-hydrogen) atoms. The number of nitro benzene ring substituents is 1. The molecule has 3 N–H and O–H groups in total. The number of nitrogens with zero attached hydrogens (tertiary/aromatic N) is 3. The van der Waals surface area contributed by atoms with Gasteiger partial charge >= 0.3 is 0 Å². The molecule has 122 valence electrons. The van der Waals surface area contributed by atoms with Crippen molar-refractivity contribution in [1.29, 1.82) is 5.26 Å². The number of nitriles is 1. The van der Waals surface area contributed by atoms with E-state index in [1.807, 2.05) is 13.0 Å². The summed E-state index contributed by atoms with van der Waals surface area (Å²) in [7, 11) is 0. The number of para-hydroxylation sites is 1. The van der Waals surface area contributed by atoms with Crippen molar-refractivity contribution < 1.29 is 9.66 Å². The molecule has 3 rings (SSSR count). The predicted molar refractivity (Wildman–Crippen MR) is 85.0 cm³/mol. The van der Waals surface area contributed by atoms with Crippen LogP contribution in [-0.2, 0) is 6.42 Å². The van der Waals surface area contributed by atoms with Gasteiger partial charge in [-0.2, -0.15) is 5.26 Å². The maximum absolute atomic E-state index is 11.4. The summed E-state index contributed by atoms with van der Waals surface area (Å²) in [4.78, 5) is 11.0. The van der Waals surface area contributed by atoms with E-state index in [9.17, 15) is 15.4 Å². The summed E-state index contributed by atoms with van der Waals surface area (Å²) in [5, 5.41) is 28.0. The molecule has 0 aliphatic carbocycles. The molecule has 1 unspecified atom stereocenters. The van der Waals surface area contributed by atoms with Gasteiger partial charge in [0.05, 0.1) is 16.4 Å². The van der Waals surface area contributed by atoms with Gasteiger partial charge < -0.3 is 10.5 Å². The zero-order chi connectivity index (χ0) is 17.3. The molecule has 0 saturated heterocycles. The molecule has 0 saturated carbocycles. The summed E-state index contributed by atoms with van der Waals surface area (Å²) < 4.78 is 5.44. The maximum Gasteiger partial charge on any atom is 0.273 e. The fourth-order valence-electron chi connectivity index (χ4n) is 2.96. The van der Waals surface area contributed by atoms with Crippen molar-refractivity contribution in [2.75, 3.05) is 0 Å². The van der Waals surface area contributed by atoms with E-state index >= 15 is 0 Å². The van der Waals surface area contributed by atoms with E-state index in [0.29, 0.717) is 17.5 Å². The zero-order valence-corrected chi connectivity index (χ0v) is 12.9. The SMILES string of the molecule is CCCc1[nH]nc2c1C(c1ccccc1[N+](=O)[O-])C(C#N)=C(N)O2. The second-order valence-corrected chi connectivity index (χ2v) is 5.41. The molecule has 8 nitrogen and oxygen atoms in total. The molecule has 2 aromatic rings. The van der Waals surface area contributed by atoms with Gasteiger partial charge in [0, 0.05) is 17.3 Å². The van der Waals surface area contributed by atoms with E-state index in [1.54, 1.807) is 18.2 Å². The third-order valence-corrected chi connectivity index (χ3v) is 3.96. The lowest BCUT2D eigenvalue weighted by molar-refractivity contribution is -0.385. The molecule has 1 aromatic carbocycles. The molecule has 0 fully saturated rings. The molecule has 2 heterocycles. The lowest BCUT2D eigenvalue weighted by Gasteiger charge is -2.23. The Kier molecular flexibility index (Phi) is 3.92. The molecule has 0 bridgehead atoms. The number of benzene rings is 1. The van der Waals surface area contributed by atoms with E-state index in [0.717, 1.165) is 12.1 Å². The van der Waals surface area contributed by atoms with Gasteiger partial charge in [-0.25, -0.2) is 0 Å². The topological polar surface area (TPSA) is 131 Å². The van der Waals surface area contributed by atoms with Crippen LogP contribution in [0.15, 0.2) is 35.7 Å². The average Bonchev–Trinajstić information content (AvgIpc) is 2.96. The number of fused-ring (bicyclic) bond motifs is 1. The predicted octanol–water partition coefficient (Wildman–Crippen LogP) is 2.49. The number of aryl methyl sites for hydroxylation is 1. The van der Waals surface area contributed by atoms with Gasteiger partial charge in [-0.3, -0.25) is 15.2 Å². The Morgan fingerprint density at radius 1 is 1.50 bits per heavy atom. The van der Waals surface area contributed by atoms with Crippen LogP contribution in [0.25, 0.3) is 0 Å². The van der Waals surface area contributed by atoms with Crippen LogP contribution in [0.5, 0.6) is 5.88 Å². The van der Waals surface area contributed by atoms with Crippen LogP contribution in [-0.4, -0.2) is 15.1 Å². The highest BCUT2D eigenvalue weighted by molar-refractivity contribution is 5.59. The van der Waals surface area contributed by atoms with E-state index in [1.165, 1.54) is 6.07 Å². The van der Waals surface area contributed by atoms with Crippen molar-refractivity contribution in [3.05, 3.63) is 62.7 Å². The van der Waals surface area contributed by atoms with Gasteiger partial charge in [-0.1, -0.05) is 31.5 Å². The van der Waals surface area contributed by atoms with Crippen LogP contribution in [0.4, 0.5) is 5.69 Å². The summed E-state index contributed by atoms with van der Waals surface area (Å²) in [6.45, 7) is 2.01. The second kappa shape index (κ2) is 6.04. The summed E-state index contributed by atoms with van der Waals surface area (Å²) in [5.74, 6) is -0.499. The van der Waals surface area contributed by atoms with Crippen LogP contribution in [0, 0.1) is 21.4 Å². The number of nitro groups is 1. The number of hydrogen-bond acceptors (Lipinski definition) is 6. The van der Waals surface area contributed by atoms with Gasteiger partial charge in [0.25, 0.3) is 5.69 Å². The quantitative estimate of drug-likeness (QED) is 0.656. The van der Waals surface area contributed by atoms with Crippen molar-refractivity contribution >= 4 is 5.69 Å². The third kappa shape index (κ3) is 2.36. The monoisotopic (exact) mass is 325 g/mol. The Labute approximate surface area is 137 Å². The fraction of sp³-hybridized carbons (Fsp3) is 0.250. The normalized spacial score (nSPS) is 16.2. The number of hydrogen-bond donors (Lipinski definition) is 2. The van der Waals surface area contributed by atoms with Gasteiger partial charge in [-0.15, -0.1) is 5.10 Å². The van der Waals surface area contributed by atoms with Crippen LogP contribution < -0.4 is 10.5 Å². The van der Waals surface area contributed by atoms with Crippen molar-refractivity contribution in [2.45, 2.75) is 25.7 Å². The molecule has 1 aliphatic rings. The number of allylic oxidation sites excluding steroid dienone is 1. The number of H-pyrrole nitrogens is 1. The Morgan fingerprint density at radius 2 is 2.25 bits per heavy atom. The van der Waals surface area contributed by atoms with E-state index in [4.69, 9.17) is 10.5 Å². The van der Waals surface area contributed by atoms with Crippen molar-refractivity contribution in [3.8, 4) is 11.9 Å². The van der Waals surface area contributed by atoms with Crippen LogP contribution in [0.2, 0.25) is 0 Å². The van der Waals surface area contributed by atoms with E-state index in [2.05, 4.69) is 10.2 Å². The van der Waals surface area contributed by atoms with Gasteiger partial charge in [0.1, 0.15) is 11.6 Å². The molecule has 0 amide bonds. The standard InChI is InChI=1S/C16H15N5O3/c1-2-5-11-14-13(9-6-3-4-7-12(9)21(22)23)10(8-17)15(18)24-16(14)20-19-11/h3-4,6-7,13H,2,5,18H2,1H3,(H,19,20). The maximum atomic E-state index is 11.4. The number of aromatic nitrogens is 2. The zero-order valence-electron chi connectivity index (χ0n) is 12.9. The molecular weight excluding hydrogens is 310 g/mol. The number of nitrogens with two attached hydrogens (primary N) is 1. The van der Waals surface area contributed by atoms with E-state index in [-0.39, 0.29) is 23.0 Å². The highest BCUT2D eigenvalue weighted by Gasteiger charge is 2.38. The highest BCUT2D eigenvalue weighted by atomic mass is 16.6. The molecule has 0 spiro atoms. The molecule has 1 aromatic heterocycles. The summed E-state index contributed by atoms with van der Waals surface area (Å²) >= 11 is 0. The first kappa shape index (κ1) is 15.6. The van der Waals surface area contributed by atoms with Crippen LogP contribution in [0.3, 0.4) is 0 Å². The Morgan fingerprint density at radius 3 is 2.92 bits per heavy atom. The lowest BCUT2D eigenvalue weighted by atomic mass is 9.82. The molecular formula is C16H15N5O3. The Balaban J connectivity index is 2.28. The number of aromatic amines is 1. The van der Waals surface area contributed by atoms with E-state index < -0.39 is 10.8 Å². The summed E-state index contributed by atoms with van der Waals surface area (Å²) in [6, 6.07) is 8.36. The first-order chi connectivity index (χ1) is 11.6. The van der Waals surface area contributed by atoms with Crippen LogP contribution >= 0.6 is 0 Å². The minimum absolute atomic E-state index is 0.0699. The van der Waals surface area contributed by atoms with Crippen LogP contribution in [0.1, 0.15) is 36.1 Å². The highest BCUT2D eigenvalue weighted by Crippen LogP contribution is 2.45. The lowest BCUT2D eigenvalue weighted by Crippen LogP contribution is -2.21. The smallest absolute Gasteiger partial charge is 0.273 e. The second-order valence-electron chi connectivity index (χ2n) is 5.41. The van der Waals surface area contributed by atoms with Gasteiger partial charge in [0.2, 0.25) is 11.8 Å². The number of nitrogens with one attached hydrogen (secondary N) is 1. The molecule has 0 radical (unpaired) electrons. The average molecular weight is 325 g/mol. The van der Waals surface area contributed by atoms with Gasteiger partial charge in [0.15, 0.2) is 0 Å². The first-order valence-corrected chi connectivity index (χ1v) is 7.46. The third-order valence-electron chi connectivity index (χ3n) is 3.96. The number of rotatable bonds is 4. The minimum atomic E-state index is -0.680. The summed E-state index contributed by atoms with van der Waals surface area (Å²) in [5.41, 5.74) is 7.75. The molecule has 1 aliphatic heterocycles.